The molecule has 1 aliphatic heterocycles. The number of pyridine rings is 1. The number of hydrogen-bond donors (Lipinski definition) is 2. The van der Waals surface area contributed by atoms with Crippen LogP contribution in [-0.4, -0.2) is 41.7 Å². The van der Waals surface area contributed by atoms with Gasteiger partial charge in [0.1, 0.15) is 11.0 Å². The number of halogens is 1. The first kappa shape index (κ1) is 16.5. The maximum Gasteiger partial charge on any atom is 0.251 e. The van der Waals surface area contributed by atoms with E-state index in [1.165, 1.54) is 0 Å². The highest BCUT2D eigenvalue weighted by molar-refractivity contribution is 6.29. The number of hydrogen-bond acceptors (Lipinski definition) is 4. The molecule has 2 aliphatic rings. The second-order valence-electron chi connectivity index (χ2n) is 6.96. The van der Waals surface area contributed by atoms with Crippen LogP contribution >= 0.6 is 11.6 Å². The number of carbonyl (C=O) groups excluding carboxylic acids is 1. The van der Waals surface area contributed by atoms with E-state index in [2.05, 4.69) is 15.2 Å². The molecule has 2 atom stereocenters. The van der Waals surface area contributed by atoms with Crippen LogP contribution in [0.25, 0.3) is 0 Å². The average Bonchev–Trinajstić information content (AvgIpc) is 3.18. The van der Waals surface area contributed by atoms with Gasteiger partial charge < -0.3 is 15.3 Å². The molecular weight excluding hydrogens is 314 g/mol. The molecule has 2 unspecified atom stereocenters. The number of amides is 1. The molecule has 1 amide bonds. The standard InChI is InChI=1S/C17H24ClN3O2/c1-17(11-22)6-4-5-13(17)19-16(23)12-9-14(18)20-15(10-12)21-7-2-3-8-21/h9-10,13,22H,2-8,11H2,1H3,(H,19,23). The van der Waals surface area contributed by atoms with E-state index in [4.69, 9.17) is 11.6 Å². The summed E-state index contributed by atoms with van der Waals surface area (Å²) in [5.41, 5.74) is 0.309. The van der Waals surface area contributed by atoms with Crippen LogP contribution < -0.4 is 10.2 Å². The van der Waals surface area contributed by atoms with Crippen molar-refractivity contribution in [3.05, 3.63) is 22.8 Å². The number of aliphatic hydroxyl groups excluding tert-OH is 1. The fourth-order valence-corrected chi connectivity index (χ4v) is 3.84. The van der Waals surface area contributed by atoms with Gasteiger partial charge in [-0.05, 0) is 37.8 Å². The topological polar surface area (TPSA) is 65.5 Å². The molecule has 2 fully saturated rings. The predicted molar refractivity (Wildman–Crippen MR) is 91.0 cm³/mol. The zero-order chi connectivity index (χ0) is 16.4. The lowest BCUT2D eigenvalue weighted by atomic mass is 9.85. The van der Waals surface area contributed by atoms with Gasteiger partial charge in [0.05, 0.1) is 6.61 Å². The van der Waals surface area contributed by atoms with Crippen molar-refractivity contribution in [2.75, 3.05) is 24.6 Å². The van der Waals surface area contributed by atoms with Crippen LogP contribution in [0.5, 0.6) is 0 Å². The molecule has 1 aromatic heterocycles. The fraction of sp³-hybridized carbons (Fsp3) is 0.647. The molecule has 6 heteroatoms. The zero-order valence-electron chi connectivity index (χ0n) is 13.5. The Hall–Kier alpha value is -1.33. The molecule has 1 aliphatic carbocycles. The normalized spacial score (nSPS) is 27.4. The predicted octanol–water partition coefficient (Wildman–Crippen LogP) is 2.62. The van der Waals surface area contributed by atoms with Crippen molar-refractivity contribution in [1.29, 1.82) is 0 Å². The Morgan fingerprint density at radius 3 is 2.87 bits per heavy atom. The minimum absolute atomic E-state index is 0.00202. The van der Waals surface area contributed by atoms with Gasteiger partial charge in [-0.25, -0.2) is 4.98 Å². The Labute approximate surface area is 142 Å². The Morgan fingerprint density at radius 1 is 1.43 bits per heavy atom. The lowest BCUT2D eigenvalue weighted by Crippen LogP contribution is -2.44. The van der Waals surface area contributed by atoms with E-state index in [0.717, 1.165) is 51.0 Å². The smallest absolute Gasteiger partial charge is 0.251 e. The number of aliphatic hydroxyl groups is 1. The number of aromatic nitrogens is 1. The summed E-state index contributed by atoms with van der Waals surface area (Å²) in [4.78, 5) is 19.1. The molecule has 2 N–H and O–H groups in total. The van der Waals surface area contributed by atoms with Gasteiger partial charge in [-0.3, -0.25) is 4.79 Å². The maximum atomic E-state index is 12.6. The van der Waals surface area contributed by atoms with Crippen LogP contribution in [0.3, 0.4) is 0 Å². The lowest BCUT2D eigenvalue weighted by molar-refractivity contribution is 0.0830. The molecule has 5 nitrogen and oxygen atoms in total. The Kier molecular flexibility index (Phi) is 4.78. The van der Waals surface area contributed by atoms with Gasteiger partial charge >= 0.3 is 0 Å². The highest BCUT2D eigenvalue weighted by Gasteiger charge is 2.39. The second kappa shape index (κ2) is 6.65. The number of nitrogens with one attached hydrogen (secondary N) is 1. The average molecular weight is 338 g/mol. The summed E-state index contributed by atoms with van der Waals surface area (Å²) in [5, 5.41) is 13.0. The van der Waals surface area contributed by atoms with Gasteiger partial charge in [-0.1, -0.05) is 24.9 Å². The number of anilines is 1. The first-order valence-corrected chi connectivity index (χ1v) is 8.74. The summed E-state index contributed by atoms with van der Waals surface area (Å²) in [6.07, 6.45) is 5.16. The van der Waals surface area contributed by atoms with E-state index in [0.29, 0.717) is 10.7 Å². The molecule has 0 spiro atoms. The van der Waals surface area contributed by atoms with Gasteiger partial charge in [0, 0.05) is 30.1 Å². The minimum Gasteiger partial charge on any atom is -0.396 e. The van der Waals surface area contributed by atoms with Crippen LogP contribution in [0.1, 0.15) is 49.4 Å². The molecule has 126 valence electrons. The van der Waals surface area contributed by atoms with E-state index in [1.807, 2.05) is 13.0 Å². The molecule has 23 heavy (non-hydrogen) atoms. The van der Waals surface area contributed by atoms with Crippen LogP contribution in [0.4, 0.5) is 5.82 Å². The molecule has 1 saturated heterocycles. The van der Waals surface area contributed by atoms with Gasteiger partial charge in [0.25, 0.3) is 5.91 Å². The van der Waals surface area contributed by atoms with Crippen LogP contribution in [-0.2, 0) is 0 Å². The van der Waals surface area contributed by atoms with Crippen molar-refractivity contribution >= 4 is 23.3 Å². The first-order valence-electron chi connectivity index (χ1n) is 8.36. The van der Waals surface area contributed by atoms with Gasteiger partial charge in [-0.2, -0.15) is 0 Å². The number of carbonyl (C=O) groups is 1. The molecule has 2 heterocycles. The lowest BCUT2D eigenvalue weighted by Gasteiger charge is -2.30. The zero-order valence-corrected chi connectivity index (χ0v) is 14.3. The van der Waals surface area contributed by atoms with E-state index in [9.17, 15) is 9.90 Å². The summed E-state index contributed by atoms with van der Waals surface area (Å²) in [5.74, 6) is 0.637. The van der Waals surface area contributed by atoms with E-state index in [1.54, 1.807) is 6.07 Å². The molecule has 0 radical (unpaired) electrons. The van der Waals surface area contributed by atoms with Crippen molar-refractivity contribution in [2.45, 2.75) is 45.1 Å². The summed E-state index contributed by atoms with van der Waals surface area (Å²) in [6.45, 7) is 4.04. The molecular formula is C17H24ClN3O2. The van der Waals surface area contributed by atoms with Gasteiger partial charge in [0.15, 0.2) is 0 Å². The van der Waals surface area contributed by atoms with Crippen LogP contribution in [0, 0.1) is 5.41 Å². The van der Waals surface area contributed by atoms with Crippen molar-refractivity contribution in [3.8, 4) is 0 Å². The monoisotopic (exact) mass is 337 g/mol. The molecule has 0 aromatic carbocycles. The maximum absolute atomic E-state index is 12.6. The Bertz CT molecular complexity index is 589. The summed E-state index contributed by atoms with van der Waals surface area (Å²) < 4.78 is 0. The summed E-state index contributed by atoms with van der Waals surface area (Å²) in [7, 11) is 0. The highest BCUT2D eigenvalue weighted by atomic mass is 35.5. The van der Waals surface area contributed by atoms with Crippen LogP contribution in [0.2, 0.25) is 5.15 Å². The van der Waals surface area contributed by atoms with E-state index >= 15 is 0 Å². The third-order valence-corrected chi connectivity index (χ3v) is 5.41. The first-order chi connectivity index (χ1) is 11.0. The fourth-order valence-electron chi connectivity index (χ4n) is 3.63. The Balaban J connectivity index is 1.76. The third kappa shape index (κ3) is 3.45. The van der Waals surface area contributed by atoms with Crippen molar-refractivity contribution in [2.24, 2.45) is 5.41 Å². The SMILES string of the molecule is CC1(CO)CCCC1NC(=O)c1cc(Cl)nc(N2CCCC2)c1. The molecule has 0 bridgehead atoms. The van der Waals surface area contributed by atoms with Crippen molar-refractivity contribution in [1.82, 2.24) is 10.3 Å². The molecule has 1 saturated carbocycles. The highest BCUT2D eigenvalue weighted by Crippen LogP contribution is 2.37. The molecule has 1 aromatic rings. The van der Waals surface area contributed by atoms with E-state index < -0.39 is 0 Å². The van der Waals surface area contributed by atoms with Gasteiger partial charge in [0.2, 0.25) is 0 Å². The third-order valence-electron chi connectivity index (χ3n) is 5.22. The van der Waals surface area contributed by atoms with Gasteiger partial charge in [-0.15, -0.1) is 0 Å². The quantitative estimate of drug-likeness (QED) is 0.829. The molecule has 3 rings (SSSR count). The minimum atomic E-state index is -0.232. The largest absolute Gasteiger partial charge is 0.396 e. The number of nitrogens with zero attached hydrogens (tertiary/aromatic N) is 2. The van der Waals surface area contributed by atoms with Crippen LogP contribution in [0.15, 0.2) is 12.1 Å². The summed E-state index contributed by atoms with van der Waals surface area (Å²) >= 11 is 6.11. The Morgan fingerprint density at radius 2 is 2.17 bits per heavy atom. The van der Waals surface area contributed by atoms with Crippen molar-refractivity contribution < 1.29 is 9.90 Å². The second-order valence-corrected chi connectivity index (χ2v) is 7.35. The number of rotatable bonds is 4. The summed E-state index contributed by atoms with van der Waals surface area (Å²) in [6, 6.07) is 3.43. The van der Waals surface area contributed by atoms with E-state index in [-0.39, 0.29) is 24.0 Å². The van der Waals surface area contributed by atoms with Crippen molar-refractivity contribution in [3.63, 3.8) is 0 Å².